The van der Waals surface area contributed by atoms with Crippen molar-refractivity contribution >= 4 is 52.9 Å². The van der Waals surface area contributed by atoms with E-state index in [1.807, 2.05) is 0 Å². The lowest BCUT2D eigenvalue weighted by molar-refractivity contribution is -0.117. The van der Waals surface area contributed by atoms with E-state index in [1.165, 1.54) is 31.3 Å². The summed E-state index contributed by atoms with van der Waals surface area (Å²) in [5.41, 5.74) is 2.75. The van der Waals surface area contributed by atoms with Gasteiger partial charge in [-0.25, -0.2) is 19.6 Å². The summed E-state index contributed by atoms with van der Waals surface area (Å²) in [5.74, 6) is -0.771. The molecule has 0 saturated carbocycles. The highest BCUT2D eigenvalue weighted by atomic mass is 35.5. The maximum absolute atomic E-state index is 13.2. The van der Waals surface area contributed by atoms with Crippen molar-refractivity contribution in [3.05, 3.63) is 94.3 Å². The van der Waals surface area contributed by atoms with Crippen LogP contribution in [-0.2, 0) is 20.7 Å². The average Bonchev–Trinajstić information content (AvgIpc) is 3.82. The number of carbonyl (C=O) groups is 3. The number of rotatable bonds is 10. The van der Waals surface area contributed by atoms with E-state index in [0.717, 1.165) is 6.26 Å². The van der Waals surface area contributed by atoms with Crippen molar-refractivity contribution in [2.45, 2.75) is 12.5 Å². The van der Waals surface area contributed by atoms with Crippen LogP contribution in [0.4, 0.5) is 10.5 Å². The number of amides is 2. The number of ether oxygens (including phenoxy) is 2. The van der Waals surface area contributed by atoms with Crippen molar-refractivity contribution in [3.8, 4) is 16.9 Å². The van der Waals surface area contributed by atoms with Gasteiger partial charge in [0.2, 0.25) is 5.91 Å². The number of halogens is 2. The summed E-state index contributed by atoms with van der Waals surface area (Å²) in [6.07, 6.45) is 4.82. The van der Waals surface area contributed by atoms with Crippen molar-refractivity contribution in [1.82, 2.24) is 40.5 Å². The van der Waals surface area contributed by atoms with Gasteiger partial charge >= 0.3 is 12.1 Å². The minimum absolute atomic E-state index is 0.00507. The van der Waals surface area contributed by atoms with Gasteiger partial charge in [-0.15, -0.1) is 5.10 Å². The first-order chi connectivity index (χ1) is 21.7. The number of aromatic nitrogens is 7. The summed E-state index contributed by atoms with van der Waals surface area (Å²) in [7, 11) is 2.49. The van der Waals surface area contributed by atoms with Crippen LogP contribution in [0.15, 0.2) is 65.5 Å². The number of carbonyl (C=O) groups excluding carboxylic acids is 3. The lowest BCUT2D eigenvalue weighted by Crippen LogP contribution is -2.29. The fraction of sp³-hybridized carbons (Fsp3) is 0.143. The molecule has 0 aliphatic carbocycles. The summed E-state index contributed by atoms with van der Waals surface area (Å²) < 4.78 is 16.2. The number of hydrogen-bond donors (Lipinski definition) is 3. The maximum Gasteiger partial charge on any atom is 0.411 e. The molecule has 2 amide bonds. The first kappa shape index (κ1) is 30.9. The Balaban J connectivity index is 1.41. The largest absolute Gasteiger partial charge is 0.464 e. The zero-order chi connectivity index (χ0) is 31.9. The Kier molecular flexibility index (Phi) is 9.50. The number of benzene rings is 2. The number of H-pyrrole nitrogens is 1. The summed E-state index contributed by atoms with van der Waals surface area (Å²) in [6.45, 7) is 0. The Hall–Kier alpha value is -5.54. The van der Waals surface area contributed by atoms with Gasteiger partial charge in [0.25, 0.3) is 0 Å². The minimum Gasteiger partial charge on any atom is -0.464 e. The fourth-order valence-electron chi connectivity index (χ4n) is 4.13. The number of hydrogen-bond acceptors (Lipinski definition) is 11. The molecule has 5 aromatic rings. The van der Waals surface area contributed by atoms with Crippen molar-refractivity contribution in [1.29, 1.82) is 0 Å². The molecule has 0 fully saturated rings. The molecule has 1 atom stereocenters. The van der Waals surface area contributed by atoms with Crippen LogP contribution in [-0.4, -0.2) is 67.3 Å². The number of imidazole rings is 1. The van der Waals surface area contributed by atoms with Gasteiger partial charge in [-0.3, -0.25) is 10.1 Å². The summed E-state index contributed by atoms with van der Waals surface area (Å²) in [6, 6.07) is 11.0. The molecular weight excluding hydrogens is 629 g/mol. The molecule has 230 valence electrons. The van der Waals surface area contributed by atoms with Gasteiger partial charge in [0.15, 0.2) is 16.7 Å². The standard InChI is InChI=1S/C28H23Cl2N9O6/c1-43-27(41)20-13-45-23(34-20)12-19(26-35-24(25(30)36-26)15-3-7-18(8-4-15)32-28(42)44-2)33-22(40)10-5-16-11-17(29)6-9-21(16)39-14-31-37-38-39/h3-11,13-14,19H,12H2,1-2H3,(H,32,42)(H,33,40)(H,35,36). The van der Waals surface area contributed by atoms with Crippen molar-refractivity contribution < 1.29 is 28.3 Å². The van der Waals surface area contributed by atoms with Gasteiger partial charge in [-0.05, 0) is 46.8 Å². The van der Waals surface area contributed by atoms with Crippen LogP contribution in [0, 0.1) is 0 Å². The highest BCUT2D eigenvalue weighted by molar-refractivity contribution is 6.32. The maximum atomic E-state index is 13.2. The van der Waals surface area contributed by atoms with Crippen LogP contribution in [0.25, 0.3) is 23.0 Å². The second kappa shape index (κ2) is 13.8. The second-order valence-corrected chi connectivity index (χ2v) is 9.95. The predicted molar refractivity (Wildman–Crippen MR) is 161 cm³/mol. The molecule has 45 heavy (non-hydrogen) atoms. The van der Waals surface area contributed by atoms with Crippen molar-refractivity contribution in [3.63, 3.8) is 0 Å². The smallest absolute Gasteiger partial charge is 0.411 e. The van der Waals surface area contributed by atoms with Crippen LogP contribution in [0.2, 0.25) is 10.2 Å². The average molecular weight is 652 g/mol. The van der Waals surface area contributed by atoms with Crippen LogP contribution >= 0.6 is 23.2 Å². The molecule has 15 nitrogen and oxygen atoms in total. The molecule has 5 rings (SSSR count). The molecule has 3 heterocycles. The highest BCUT2D eigenvalue weighted by Gasteiger charge is 2.24. The van der Waals surface area contributed by atoms with Gasteiger partial charge in [-0.1, -0.05) is 35.3 Å². The Bertz CT molecular complexity index is 1850. The van der Waals surface area contributed by atoms with Gasteiger partial charge in [0.05, 0.1) is 38.1 Å². The number of aromatic amines is 1. The van der Waals surface area contributed by atoms with Gasteiger partial charge in [0.1, 0.15) is 18.4 Å². The first-order valence-corrected chi connectivity index (χ1v) is 13.7. The fourth-order valence-corrected chi connectivity index (χ4v) is 4.56. The van der Waals surface area contributed by atoms with E-state index in [-0.39, 0.29) is 29.0 Å². The molecule has 0 spiro atoms. The molecular formula is C28H23Cl2N9O6. The molecule has 2 aromatic carbocycles. The number of anilines is 1. The van der Waals surface area contributed by atoms with E-state index < -0.39 is 24.0 Å². The third kappa shape index (κ3) is 7.52. The number of tetrazole rings is 1. The predicted octanol–water partition coefficient (Wildman–Crippen LogP) is 4.43. The third-order valence-electron chi connectivity index (χ3n) is 6.25. The normalized spacial score (nSPS) is 11.7. The zero-order valence-electron chi connectivity index (χ0n) is 23.5. The van der Waals surface area contributed by atoms with E-state index in [4.69, 9.17) is 32.4 Å². The third-order valence-corrected chi connectivity index (χ3v) is 6.76. The van der Waals surface area contributed by atoms with E-state index in [2.05, 4.69) is 45.8 Å². The van der Waals surface area contributed by atoms with Crippen molar-refractivity contribution in [2.75, 3.05) is 19.5 Å². The monoisotopic (exact) mass is 651 g/mol. The molecule has 0 saturated heterocycles. The Morgan fingerprint density at radius 2 is 1.89 bits per heavy atom. The van der Waals surface area contributed by atoms with Crippen molar-refractivity contribution in [2.24, 2.45) is 0 Å². The van der Waals surface area contributed by atoms with Crippen LogP contribution in [0.5, 0.6) is 0 Å². The number of oxazole rings is 1. The van der Waals surface area contributed by atoms with E-state index in [0.29, 0.717) is 33.2 Å². The first-order valence-electron chi connectivity index (χ1n) is 13.0. The minimum atomic E-state index is -0.837. The Labute approximate surface area is 264 Å². The quantitative estimate of drug-likeness (QED) is 0.143. The van der Waals surface area contributed by atoms with Crippen LogP contribution in [0.3, 0.4) is 0 Å². The molecule has 3 N–H and O–H groups in total. The summed E-state index contributed by atoms with van der Waals surface area (Å²) in [4.78, 5) is 48.4. The van der Waals surface area contributed by atoms with Crippen LogP contribution in [0.1, 0.15) is 33.8 Å². The number of methoxy groups -OCH3 is 2. The molecule has 0 radical (unpaired) electrons. The van der Waals surface area contributed by atoms with Gasteiger partial charge < -0.3 is 24.2 Å². The molecule has 1 unspecified atom stereocenters. The number of nitrogens with zero attached hydrogens (tertiary/aromatic N) is 6. The Morgan fingerprint density at radius 1 is 1.09 bits per heavy atom. The molecule has 0 bridgehead atoms. The van der Waals surface area contributed by atoms with Crippen LogP contribution < -0.4 is 10.6 Å². The van der Waals surface area contributed by atoms with Gasteiger partial charge in [0, 0.05) is 27.9 Å². The van der Waals surface area contributed by atoms with E-state index in [1.54, 1.807) is 48.5 Å². The number of nitrogens with one attached hydrogen (secondary N) is 3. The van der Waals surface area contributed by atoms with Gasteiger partial charge in [-0.2, -0.15) is 4.68 Å². The highest BCUT2D eigenvalue weighted by Crippen LogP contribution is 2.30. The zero-order valence-corrected chi connectivity index (χ0v) is 25.0. The molecule has 17 heteroatoms. The lowest BCUT2D eigenvalue weighted by atomic mass is 10.1. The number of esters is 1. The second-order valence-electron chi connectivity index (χ2n) is 9.16. The topological polar surface area (TPSA) is 192 Å². The molecule has 3 aromatic heterocycles. The summed E-state index contributed by atoms with van der Waals surface area (Å²) in [5, 5.41) is 17.2. The Morgan fingerprint density at radius 3 is 2.60 bits per heavy atom. The van der Waals surface area contributed by atoms with E-state index >= 15 is 0 Å². The molecule has 0 aliphatic heterocycles. The SMILES string of the molecule is COC(=O)Nc1ccc(-c2[nH]c(C(Cc3nc(C(=O)OC)co3)NC(=O)C=Cc3cc(Cl)ccc3-n3cnnn3)nc2Cl)cc1. The molecule has 0 aliphatic rings. The van der Waals surface area contributed by atoms with E-state index in [9.17, 15) is 14.4 Å². The summed E-state index contributed by atoms with van der Waals surface area (Å²) >= 11 is 12.7. The lowest BCUT2D eigenvalue weighted by Gasteiger charge is -2.14.